The number of hydrogen-bond acceptors (Lipinski definition) is 3. The third-order valence-corrected chi connectivity index (χ3v) is 1.72. The van der Waals surface area contributed by atoms with Gasteiger partial charge in [0.25, 0.3) is 0 Å². The summed E-state index contributed by atoms with van der Waals surface area (Å²) < 4.78 is 0. The van der Waals surface area contributed by atoms with Gasteiger partial charge in [-0.05, 0) is 6.07 Å². The summed E-state index contributed by atoms with van der Waals surface area (Å²) in [6, 6.07) is 8.01. The van der Waals surface area contributed by atoms with Crippen molar-refractivity contribution in [2.45, 2.75) is 0 Å². The average Bonchev–Trinajstić information content (AvgIpc) is 2.75. The molecule has 6 nitrogen and oxygen atoms in total. The Bertz CT molecular complexity index is 499. The highest BCUT2D eigenvalue weighted by molar-refractivity contribution is 5.89. The first-order valence-corrected chi connectivity index (χ1v) is 4.61. The SMILES string of the molecule is O=C(O)/C=C/C(=O)O.c1ccc2[nH]ncc2c1. The molecule has 0 saturated carbocycles. The van der Waals surface area contributed by atoms with Crippen molar-refractivity contribution in [3.8, 4) is 0 Å². The summed E-state index contributed by atoms with van der Waals surface area (Å²) in [7, 11) is 0. The van der Waals surface area contributed by atoms with Crippen molar-refractivity contribution in [2.24, 2.45) is 0 Å². The first-order valence-electron chi connectivity index (χ1n) is 4.61. The third-order valence-electron chi connectivity index (χ3n) is 1.72. The van der Waals surface area contributed by atoms with Gasteiger partial charge >= 0.3 is 11.9 Å². The molecule has 0 bridgehead atoms. The van der Waals surface area contributed by atoms with Gasteiger partial charge in [-0.1, -0.05) is 18.2 Å². The minimum absolute atomic E-state index is 0.558. The van der Waals surface area contributed by atoms with E-state index in [1.165, 1.54) is 0 Å². The summed E-state index contributed by atoms with van der Waals surface area (Å²) in [5, 5.41) is 23.5. The number of carboxylic acid groups (broad SMARTS) is 2. The maximum Gasteiger partial charge on any atom is 0.328 e. The molecule has 0 fully saturated rings. The topological polar surface area (TPSA) is 103 Å². The van der Waals surface area contributed by atoms with Crippen molar-refractivity contribution in [3.63, 3.8) is 0 Å². The van der Waals surface area contributed by atoms with Gasteiger partial charge in [0, 0.05) is 17.5 Å². The summed E-state index contributed by atoms with van der Waals surface area (Å²) in [4.78, 5) is 19.1. The molecule has 0 atom stereocenters. The molecule has 1 aromatic heterocycles. The van der Waals surface area contributed by atoms with Crippen molar-refractivity contribution in [1.82, 2.24) is 10.2 Å². The number of aromatic amines is 1. The molecule has 2 aromatic rings. The maximum atomic E-state index is 9.55. The standard InChI is InChI=1S/C7H6N2.C4H4O4/c1-2-4-7-6(3-1)5-8-9-7;5-3(6)1-2-4(7)8/h1-5H,(H,8,9);1-2H,(H,5,6)(H,7,8)/b;2-1+. The number of para-hydroxylation sites is 1. The molecule has 0 saturated heterocycles. The Balaban J connectivity index is 0.000000172. The van der Waals surface area contributed by atoms with Crippen LogP contribution in [0.2, 0.25) is 0 Å². The summed E-state index contributed by atoms with van der Waals surface area (Å²) >= 11 is 0. The molecule has 1 aromatic carbocycles. The van der Waals surface area contributed by atoms with Crippen LogP contribution in [0.25, 0.3) is 10.9 Å². The zero-order chi connectivity index (χ0) is 12.7. The Morgan fingerprint density at radius 3 is 2.24 bits per heavy atom. The number of benzene rings is 1. The first-order chi connectivity index (χ1) is 8.09. The molecule has 0 unspecified atom stereocenters. The second-order valence-corrected chi connectivity index (χ2v) is 2.97. The number of hydrogen-bond donors (Lipinski definition) is 3. The van der Waals surface area contributed by atoms with Crippen LogP contribution < -0.4 is 0 Å². The van der Waals surface area contributed by atoms with Crippen molar-refractivity contribution in [3.05, 3.63) is 42.6 Å². The molecule has 0 spiro atoms. The molecule has 0 aliphatic carbocycles. The Morgan fingerprint density at radius 2 is 1.71 bits per heavy atom. The van der Waals surface area contributed by atoms with E-state index in [-0.39, 0.29) is 0 Å². The lowest BCUT2D eigenvalue weighted by Crippen LogP contribution is -1.91. The molecule has 17 heavy (non-hydrogen) atoms. The average molecular weight is 234 g/mol. The number of aliphatic carboxylic acids is 2. The van der Waals surface area contributed by atoms with Gasteiger partial charge in [-0.25, -0.2) is 9.59 Å². The fourth-order valence-electron chi connectivity index (χ4n) is 1.03. The Kier molecular flexibility index (Phi) is 4.44. The van der Waals surface area contributed by atoms with Gasteiger partial charge in [0.05, 0.1) is 11.7 Å². The third kappa shape index (κ3) is 4.61. The second-order valence-electron chi connectivity index (χ2n) is 2.97. The van der Waals surface area contributed by atoms with Crippen LogP contribution in [-0.2, 0) is 9.59 Å². The molecule has 1 heterocycles. The van der Waals surface area contributed by atoms with Crippen LogP contribution >= 0.6 is 0 Å². The number of nitrogens with zero attached hydrogens (tertiary/aromatic N) is 1. The lowest BCUT2D eigenvalue weighted by Gasteiger charge is -1.81. The van der Waals surface area contributed by atoms with Crippen LogP contribution in [-0.4, -0.2) is 32.3 Å². The van der Waals surface area contributed by atoms with Gasteiger partial charge in [-0.3, -0.25) is 5.10 Å². The number of H-pyrrole nitrogens is 1. The number of aromatic nitrogens is 2. The number of carbonyl (C=O) groups is 2. The molecular formula is C11H10N2O4. The highest BCUT2D eigenvalue weighted by atomic mass is 16.4. The van der Waals surface area contributed by atoms with Crippen LogP contribution in [0.5, 0.6) is 0 Å². The van der Waals surface area contributed by atoms with Crippen LogP contribution in [0, 0.1) is 0 Å². The van der Waals surface area contributed by atoms with E-state index in [0.717, 1.165) is 10.9 Å². The maximum absolute atomic E-state index is 9.55. The number of carboxylic acids is 2. The smallest absolute Gasteiger partial charge is 0.328 e. The summed E-state index contributed by atoms with van der Waals surface area (Å²) in [5.41, 5.74) is 1.09. The monoisotopic (exact) mass is 234 g/mol. The zero-order valence-corrected chi connectivity index (χ0v) is 8.70. The minimum atomic E-state index is -1.26. The second kappa shape index (κ2) is 6.06. The predicted octanol–water partition coefficient (Wildman–Crippen LogP) is 1.27. The van der Waals surface area contributed by atoms with E-state index in [9.17, 15) is 9.59 Å². The van der Waals surface area contributed by atoms with E-state index in [4.69, 9.17) is 10.2 Å². The summed E-state index contributed by atoms with van der Waals surface area (Å²) in [6.07, 6.45) is 2.93. The highest BCUT2D eigenvalue weighted by Gasteiger charge is 1.88. The molecule has 88 valence electrons. The summed E-state index contributed by atoms with van der Waals surface area (Å²) in [5.74, 6) is -2.51. The van der Waals surface area contributed by atoms with Crippen LogP contribution in [0.3, 0.4) is 0 Å². The number of rotatable bonds is 2. The Morgan fingerprint density at radius 1 is 1.12 bits per heavy atom. The van der Waals surface area contributed by atoms with E-state index in [0.29, 0.717) is 12.2 Å². The van der Waals surface area contributed by atoms with Gasteiger partial charge in [-0.2, -0.15) is 5.10 Å². The largest absolute Gasteiger partial charge is 0.478 e. The van der Waals surface area contributed by atoms with Gasteiger partial charge < -0.3 is 10.2 Å². The lowest BCUT2D eigenvalue weighted by atomic mass is 10.3. The highest BCUT2D eigenvalue weighted by Crippen LogP contribution is 2.06. The molecule has 0 amide bonds. The van der Waals surface area contributed by atoms with Crippen molar-refractivity contribution in [1.29, 1.82) is 0 Å². The predicted molar refractivity (Wildman–Crippen MR) is 60.5 cm³/mol. The van der Waals surface area contributed by atoms with Gasteiger partial charge in [0.15, 0.2) is 0 Å². The van der Waals surface area contributed by atoms with Crippen molar-refractivity contribution in [2.75, 3.05) is 0 Å². The van der Waals surface area contributed by atoms with Crippen molar-refractivity contribution < 1.29 is 19.8 Å². The Hall–Kier alpha value is -2.63. The number of nitrogens with one attached hydrogen (secondary N) is 1. The molecule has 3 N–H and O–H groups in total. The summed E-state index contributed by atoms with van der Waals surface area (Å²) in [6.45, 7) is 0. The lowest BCUT2D eigenvalue weighted by molar-refractivity contribution is -0.134. The minimum Gasteiger partial charge on any atom is -0.478 e. The number of fused-ring (bicyclic) bond motifs is 1. The fraction of sp³-hybridized carbons (Fsp3) is 0. The van der Waals surface area contributed by atoms with Crippen LogP contribution in [0.1, 0.15) is 0 Å². The molecule has 0 aliphatic rings. The van der Waals surface area contributed by atoms with Crippen molar-refractivity contribution >= 4 is 22.8 Å². The van der Waals surface area contributed by atoms with Crippen LogP contribution in [0.4, 0.5) is 0 Å². The van der Waals surface area contributed by atoms with E-state index in [1.807, 2.05) is 30.5 Å². The first kappa shape index (κ1) is 12.4. The van der Waals surface area contributed by atoms with E-state index in [1.54, 1.807) is 0 Å². The molecule has 0 aliphatic heterocycles. The van der Waals surface area contributed by atoms with E-state index < -0.39 is 11.9 Å². The van der Waals surface area contributed by atoms with Gasteiger partial charge in [0.1, 0.15) is 0 Å². The molecular weight excluding hydrogens is 224 g/mol. The molecule has 2 rings (SSSR count). The van der Waals surface area contributed by atoms with Crippen LogP contribution in [0.15, 0.2) is 42.6 Å². The normalized spacial score (nSPS) is 9.88. The van der Waals surface area contributed by atoms with Gasteiger partial charge in [0.2, 0.25) is 0 Å². The zero-order valence-electron chi connectivity index (χ0n) is 8.70. The van der Waals surface area contributed by atoms with E-state index in [2.05, 4.69) is 10.2 Å². The van der Waals surface area contributed by atoms with E-state index >= 15 is 0 Å². The fourth-order valence-corrected chi connectivity index (χ4v) is 1.03. The van der Waals surface area contributed by atoms with Gasteiger partial charge in [-0.15, -0.1) is 0 Å². The quantitative estimate of drug-likeness (QED) is 0.679. The Labute approximate surface area is 96.2 Å². The molecule has 6 heteroatoms. The molecule has 0 radical (unpaired) electrons.